The number of anilines is 1. The van der Waals surface area contributed by atoms with Gasteiger partial charge in [-0.3, -0.25) is 4.79 Å². The van der Waals surface area contributed by atoms with Gasteiger partial charge in [-0.2, -0.15) is 0 Å². The molecule has 0 aromatic heterocycles. The van der Waals surface area contributed by atoms with Gasteiger partial charge in [0.1, 0.15) is 0 Å². The first-order valence-corrected chi connectivity index (χ1v) is 6.31. The predicted molar refractivity (Wildman–Crippen MR) is 79.0 cm³/mol. The number of rotatable bonds is 4. The Morgan fingerprint density at radius 3 is 2.50 bits per heavy atom. The largest absolute Gasteiger partial charge is 0.493 e. The fourth-order valence-corrected chi connectivity index (χ4v) is 2.02. The van der Waals surface area contributed by atoms with Crippen LogP contribution in [-0.4, -0.2) is 20.1 Å². The minimum absolute atomic E-state index is 0.289. The van der Waals surface area contributed by atoms with Crippen molar-refractivity contribution in [3.63, 3.8) is 0 Å². The highest BCUT2D eigenvalue weighted by molar-refractivity contribution is 6.31. The first-order chi connectivity index (χ1) is 9.65. The number of hydrogen-bond donors (Lipinski definition) is 1. The lowest BCUT2D eigenvalue weighted by molar-refractivity contribution is 0.102. The SMILES string of the molecule is COc1cccc(C(=O)Nc2cccc(Cl)c2)c1OC. The zero-order valence-electron chi connectivity index (χ0n) is 11.1. The zero-order valence-corrected chi connectivity index (χ0v) is 11.9. The fourth-order valence-electron chi connectivity index (χ4n) is 1.83. The summed E-state index contributed by atoms with van der Waals surface area (Å²) in [4.78, 5) is 12.3. The van der Waals surface area contributed by atoms with Gasteiger partial charge >= 0.3 is 0 Å². The van der Waals surface area contributed by atoms with Crippen molar-refractivity contribution >= 4 is 23.2 Å². The molecule has 2 aromatic rings. The van der Waals surface area contributed by atoms with Crippen LogP contribution in [-0.2, 0) is 0 Å². The number of methoxy groups -OCH3 is 2. The second-order valence-corrected chi connectivity index (χ2v) is 4.44. The Balaban J connectivity index is 2.30. The molecule has 0 aliphatic carbocycles. The number of carbonyl (C=O) groups excluding carboxylic acids is 1. The number of amides is 1. The molecular weight excluding hydrogens is 278 g/mol. The third-order valence-corrected chi connectivity index (χ3v) is 2.97. The lowest BCUT2D eigenvalue weighted by Gasteiger charge is -2.12. The van der Waals surface area contributed by atoms with E-state index < -0.39 is 0 Å². The van der Waals surface area contributed by atoms with Gasteiger partial charge in [-0.15, -0.1) is 0 Å². The maximum Gasteiger partial charge on any atom is 0.259 e. The summed E-state index contributed by atoms with van der Waals surface area (Å²) in [6.07, 6.45) is 0. The summed E-state index contributed by atoms with van der Waals surface area (Å²) >= 11 is 5.88. The van der Waals surface area contributed by atoms with Gasteiger partial charge < -0.3 is 14.8 Å². The third kappa shape index (κ3) is 3.03. The second kappa shape index (κ2) is 6.30. The summed E-state index contributed by atoms with van der Waals surface area (Å²) in [5.41, 5.74) is 1.01. The average Bonchev–Trinajstić information content (AvgIpc) is 2.46. The molecule has 2 rings (SSSR count). The summed E-state index contributed by atoms with van der Waals surface area (Å²) in [6.45, 7) is 0. The van der Waals surface area contributed by atoms with Gasteiger partial charge in [0.25, 0.3) is 5.91 Å². The van der Waals surface area contributed by atoms with Crippen molar-refractivity contribution in [2.24, 2.45) is 0 Å². The van der Waals surface area contributed by atoms with Crippen LogP contribution in [0.1, 0.15) is 10.4 Å². The summed E-state index contributed by atoms with van der Waals surface area (Å²) in [6, 6.07) is 12.1. The molecule has 0 aliphatic rings. The molecule has 0 radical (unpaired) electrons. The Bertz CT molecular complexity index is 628. The molecule has 0 saturated carbocycles. The minimum atomic E-state index is -0.289. The summed E-state index contributed by atoms with van der Waals surface area (Å²) in [5.74, 6) is 0.615. The van der Waals surface area contributed by atoms with Crippen molar-refractivity contribution in [3.8, 4) is 11.5 Å². The number of carbonyl (C=O) groups is 1. The Hall–Kier alpha value is -2.20. The molecule has 20 heavy (non-hydrogen) atoms. The molecule has 0 spiro atoms. The van der Waals surface area contributed by atoms with E-state index in [0.717, 1.165) is 0 Å². The van der Waals surface area contributed by atoms with E-state index in [2.05, 4.69) is 5.32 Å². The third-order valence-electron chi connectivity index (χ3n) is 2.73. The number of para-hydroxylation sites is 1. The molecule has 0 aliphatic heterocycles. The molecule has 0 bridgehead atoms. The van der Waals surface area contributed by atoms with Gasteiger partial charge in [-0.05, 0) is 30.3 Å². The zero-order chi connectivity index (χ0) is 14.5. The molecule has 104 valence electrons. The average molecular weight is 292 g/mol. The second-order valence-electron chi connectivity index (χ2n) is 4.01. The van der Waals surface area contributed by atoms with Crippen LogP contribution in [0.5, 0.6) is 11.5 Å². The smallest absolute Gasteiger partial charge is 0.259 e. The monoisotopic (exact) mass is 291 g/mol. The number of benzene rings is 2. The van der Waals surface area contributed by atoms with Gasteiger partial charge in [0, 0.05) is 10.7 Å². The van der Waals surface area contributed by atoms with Crippen molar-refractivity contribution < 1.29 is 14.3 Å². The quantitative estimate of drug-likeness (QED) is 0.936. The standard InChI is InChI=1S/C15H14ClNO3/c1-19-13-8-4-7-12(14(13)20-2)15(18)17-11-6-3-5-10(16)9-11/h3-9H,1-2H3,(H,17,18). The van der Waals surface area contributed by atoms with E-state index >= 15 is 0 Å². The van der Waals surface area contributed by atoms with Gasteiger partial charge in [-0.1, -0.05) is 23.7 Å². The normalized spacial score (nSPS) is 9.95. The highest BCUT2D eigenvalue weighted by Crippen LogP contribution is 2.31. The van der Waals surface area contributed by atoms with Crippen LogP contribution in [0.4, 0.5) is 5.69 Å². The Labute approximate surface area is 122 Å². The van der Waals surface area contributed by atoms with E-state index in [0.29, 0.717) is 27.8 Å². The highest BCUT2D eigenvalue weighted by Gasteiger charge is 2.16. The Kier molecular flexibility index (Phi) is 4.48. The van der Waals surface area contributed by atoms with Gasteiger partial charge in [-0.25, -0.2) is 0 Å². The van der Waals surface area contributed by atoms with Crippen LogP contribution in [0.15, 0.2) is 42.5 Å². The molecule has 0 fully saturated rings. The van der Waals surface area contributed by atoms with Crippen LogP contribution < -0.4 is 14.8 Å². The molecule has 0 heterocycles. The lowest BCUT2D eigenvalue weighted by Crippen LogP contribution is -2.13. The molecule has 2 aromatic carbocycles. The molecule has 0 saturated heterocycles. The van der Waals surface area contributed by atoms with Gasteiger partial charge in [0.05, 0.1) is 19.8 Å². The molecular formula is C15H14ClNO3. The van der Waals surface area contributed by atoms with Crippen molar-refractivity contribution in [2.45, 2.75) is 0 Å². The van der Waals surface area contributed by atoms with Crippen LogP contribution in [0, 0.1) is 0 Å². The predicted octanol–water partition coefficient (Wildman–Crippen LogP) is 3.61. The van der Waals surface area contributed by atoms with Crippen LogP contribution in [0.3, 0.4) is 0 Å². The Morgan fingerprint density at radius 2 is 1.85 bits per heavy atom. The first-order valence-electron chi connectivity index (χ1n) is 5.93. The Morgan fingerprint density at radius 1 is 1.10 bits per heavy atom. The minimum Gasteiger partial charge on any atom is -0.493 e. The first kappa shape index (κ1) is 14.2. The summed E-state index contributed by atoms with van der Waals surface area (Å²) < 4.78 is 10.4. The molecule has 1 N–H and O–H groups in total. The number of nitrogens with one attached hydrogen (secondary N) is 1. The molecule has 1 amide bonds. The van der Waals surface area contributed by atoms with Gasteiger partial charge in [0.2, 0.25) is 0 Å². The van der Waals surface area contributed by atoms with Crippen LogP contribution in [0.2, 0.25) is 5.02 Å². The molecule has 0 atom stereocenters. The molecule has 0 unspecified atom stereocenters. The van der Waals surface area contributed by atoms with Crippen molar-refractivity contribution in [1.29, 1.82) is 0 Å². The summed E-state index contributed by atoms with van der Waals surface area (Å²) in [5, 5.41) is 3.32. The van der Waals surface area contributed by atoms with E-state index in [1.807, 2.05) is 0 Å². The summed E-state index contributed by atoms with van der Waals surface area (Å²) in [7, 11) is 3.02. The highest BCUT2D eigenvalue weighted by atomic mass is 35.5. The van der Waals surface area contributed by atoms with E-state index in [-0.39, 0.29) is 5.91 Å². The van der Waals surface area contributed by atoms with E-state index in [1.165, 1.54) is 14.2 Å². The maximum absolute atomic E-state index is 12.3. The topological polar surface area (TPSA) is 47.6 Å². The van der Waals surface area contributed by atoms with E-state index in [4.69, 9.17) is 21.1 Å². The van der Waals surface area contributed by atoms with Gasteiger partial charge in [0.15, 0.2) is 11.5 Å². The fraction of sp³-hybridized carbons (Fsp3) is 0.133. The van der Waals surface area contributed by atoms with Crippen molar-refractivity contribution in [3.05, 3.63) is 53.1 Å². The number of halogens is 1. The lowest BCUT2D eigenvalue weighted by atomic mass is 10.1. The number of hydrogen-bond acceptors (Lipinski definition) is 3. The maximum atomic E-state index is 12.3. The van der Waals surface area contributed by atoms with E-state index in [9.17, 15) is 4.79 Å². The molecule has 4 nitrogen and oxygen atoms in total. The molecule has 5 heteroatoms. The van der Waals surface area contributed by atoms with Crippen LogP contribution >= 0.6 is 11.6 Å². The van der Waals surface area contributed by atoms with Crippen molar-refractivity contribution in [2.75, 3.05) is 19.5 Å². The van der Waals surface area contributed by atoms with Crippen molar-refractivity contribution in [1.82, 2.24) is 0 Å². The number of ether oxygens (including phenoxy) is 2. The van der Waals surface area contributed by atoms with Crippen LogP contribution in [0.25, 0.3) is 0 Å². The van der Waals surface area contributed by atoms with E-state index in [1.54, 1.807) is 42.5 Å².